The number of aliphatic imine (C=N–C) groups is 1. The first kappa shape index (κ1) is 15.2. The smallest absolute Gasteiger partial charge is 0.126 e. The highest BCUT2D eigenvalue weighted by molar-refractivity contribution is 6.14. The Bertz CT molecular complexity index is 1000. The molecule has 0 amide bonds. The Morgan fingerprint density at radius 1 is 0.800 bits per heavy atom. The van der Waals surface area contributed by atoms with Crippen LogP contribution >= 0.6 is 0 Å². The normalized spacial score (nSPS) is 10.6. The number of nitrogens with zero attached hydrogens (tertiary/aromatic N) is 2. The van der Waals surface area contributed by atoms with Gasteiger partial charge in [-0.2, -0.15) is 0 Å². The molecule has 0 unspecified atom stereocenters. The van der Waals surface area contributed by atoms with Gasteiger partial charge in [0, 0.05) is 35.0 Å². The van der Waals surface area contributed by atoms with Crippen molar-refractivity contribution in [3.63, 3.8) is 0 Å². The number of pyridine rings is 1. The Hall–Kier alpha value is -3.33. The van der Waals surface area contributed by atoms with Crippen LogP contribution in [-0.4, -0.2) is 10.7 Å². The van der Waals surface area contributed by atoms with E-state index < -0.39 is 0 Å². The van der Waals surface area contributed by atoms with Gasteiger partial charge in [0.2, 0.25) is 0 Å². The van der Waals surface area contributed by atoms with Crippen LogP contribution in [0.2, 0.25) is 0 Å². The summed E-state index contributed by atoms with van der Waals surface area (Å²) in [6.07, 6.45) is 3.38. The van der Waals surface area contributed by atoms with Gasteiger partial charge in [0.25, 0.3) is 0 Å². The fraction of sp³-hybridized carbons (Fsp3) is 0. The molecule has 0 atom stereocenters. The minimum absolute atomic E-state index is 0.307. The molecule has 1 heterocycles. The second-order valence-corrected chi connectivity index (χ2v) is 5.71. The van der Waals surface area contributed by atoms with Crippen LogP contribution in [0.25, 0.3) is 10.8 Å². The maximum Gasteiger partial charge on any atom is 0.126 e. The molecule has 0 saturated heterocycles. The van der Waals surface area contributed by atoms with Gasteiger partial charge < -0.3 is 0 Å². The maximum atomic E-state index is 14.1. The lowest BCUT2D eigenvalue weighted by atomic mass is 10.0. The predicted octanol–water partition coefficient (Wildman–Crippen LogP) is 5.54. The van der Waals surface area contributed by atoms with E-state index in [2.05, 4.69) is 4.98 Å². The van der Waals surface area contributed by atoms with Gasteiger partial charge in [-0.25, -0.2) is 9.38 Å². The Balaban J connectivity index is 1.97. The molecule has 0 fully saturated rings. The molecule has 2 nitrogen and oxygen atoms in total. The van der Waals surface area contributed by atoms with E-state index in [1.54, 1.807) is 18.5 Å². The molecule has 3 heteroatoms. The summed E-state index contributed by atoms with van der Waals surface area (Å²) in [7, 11) is 0. The summed E-state index contributed by atoms with van der Waals surface area (Å²) in [6.45, 7) is 0. The summed E-state index contributed by atoms with van der Waals surface area (Å²) in [4.78, 5) is 8.99. The van der Waals surface area contributed by atoms with Crippen molar-refractivity contribution in [2.75, 3.05) is 0 Å². The van der Waals surface area contributed by atoms with Crippen molar-refractivity contribution < 1.29 is 4.39 Å². The van der Waals surface area contributed by atoms with E-state index in [9.17, 15) is 4.39 Å². The van der Waals surface area contributed by atoms with Gasteiger partial charge in [0.15, 0.2) is 0 Å². The van der Waals surface area contributed by atoms with E-state index in [0.717, 1.165) is 27.6 Å². The quantitative estimate of drug-likeness (QED) is 0.454. The number of fused-ring (bicyclic) bond motifs is 1. The topological polar surface area (TPSA) is 25.2 Å². The highest BCUT2D eigenvalue weighted by Crippen LogP contribution is 2.28. The van der Waals surface area contributed by atoms with Gasteiger partial charge in [0.05, 0.1) is 11.4 Å². The lowest BCUT2D eigenvalue weighted by Crippen LogP contribution is -2.02. The van der Waals surface area contributed by atoms with Crippen LogP contribution in [0.15, 0.2) is 96.2 Å². The summed E-state index contributed by atoms with van der Waals surface area (Å²) in [5.41, 5.74) is 3.34. The number of hydrogen-bond acceptors (Lipinski definition) is 2. The summed E-state index contributed by atoms with van der Waals surface area (Å²) in [5, 5.41) is 1.61. The molecule has 0 bridgehead atoms. The van der Waals surface area contributed by atoms with Crippen LogP contribution in [0, 0.1) is 5.82 Å². The third kappa shape index (κ3) is 3.17. The lowest BCUT2D eigenvalue weighted by Gasteiger charge is -2.09. The van der Waals surface area contributed by atoms with Crippen molar-refractivity contribution in [2.45, 2.75) is 0 Å². The van der Waals surface area contributed by atoms with Crippen molar-refractivity contribution >= 4 is 22.2 Å². The zero-order valence-electron chi connectivity index (χ0n) is 13.4. The number of benzene rings is 3. The molecule has 4 aromatic rings. The molecular formula is C22H15FN2. The van der Waals surface area contributed by atoms with E-state index in [4.69, 9.17) is 4.99 Å². The molecule has 0 aliphatic carbocycles. The van der Waals surface area contributed by atoms with Gasteiger partial charge >= 0.3 is 0 Å². The Morgan fingerprint density at radius 2 is 1.44 bits per heavy atom. The van der Waals surface area contributed by atoms with E-state index in [1.165, 1.54) is 12.1 Å². The fourth-order valence-electron chi connectivity index (χ4n) is 2.84. The molecule has 3 aromatic carbocycles. The van der Waals surface area contributed by atoms with E-state index >= 15 is 0 Å². The van der Waals surface area contributed by atoms with E-state index in [1.807, 2.05) is 60.7 Å². The third-order valence-electron chi connectivity index (χ3n) is 4.03. The van der Waals surface area contributed by atoms with Crippen molar-refractivity contribution in [3.05, 3.63) is 108 Å². The molecule has 0 aliphatic heterocycles. The lowest BCUT2D eigenvalue weighted by molar-refractivity contribution is 0.630. The van der Waals surface area contributed by atoms with Crippen LogP contribution in [0.1, 0.15) is 11.1 Å². The molecule has 4 rings (SSSR count). The monoisotopic (exact) mass is 326 g/mol. The number of halogens is 1. The van der Waals surface area contributed by atoms with Gasteiger partial charge in [0.1, 0.15) is 5.82 Å². The Kier molecular flexibility index (Phi) is 4.05. The van der Waals surface area contributed by atoms with Crippen molar-refractivity contribution in [2.24, 2.45) is 4.99 Å². The minimum atomic E-state index is -0.307. The molecule has 0 aliphatic rings. The first-order chi connectivity index (χ1) is 12.3. The maximum absolute atomic E-state index is 14.1. The van der Waals surface area contributed by atoms with E-state index in [0.29, 0.717) is 5.69 Å². The second-order valence-electron chi connectivity index (χ2n) is 5.71. The zero-order valence-corrected chi connectivity index (χ0v) is 13.4. The number of aromatic nitrogens is 1. The van der Waals surface area contributed by atoms with Crippen LogP contribution in [0.5, 0.6) is 0 Å². The highest BCUT2D eigenvalue weighted by atomic mass is 19.1. The fourth-order valence-corrected chi connectivity index (χ4v) is 2.84. The van der Waals surface area contributed by atoms with Crippen LogP contribution in [0.3, 0.4) is 0 Å². The average molecular weight is 326 g/mol. The molecule has 1 aromatic heterocycles. The largest absolute Gasteiger partial charge is 0.264 e. The summed E-state index contributed by atoms with van der Waals surface area (Å²) < 4.78 is 14.1. The van der Waals surface area contributed by atoms with E-state index in [-0.39, 0.29) is 5.82 Å². The number of hydrogen-bond donors (Lipinski definition) is 0. The molecule has 0 spiro atoms. The Labute approximate surface area is 145 Å². The van der Waals surface area contributed by atoms with Gasteiger partial charge in [-0.3, -0.25) is 4.98 Å². The van der Waals surface area contributed by atoms with Crippen molar-refractivity contribution in [1.29, 1.82) is 0 Å². The average Bonchev–Trinajstić information content (AvgIpc) is 2.67. The summed E-state index contributed by atoms with van der Waals surface area (Å²) in [6, 6.07) is 24.6. The van der Waals surface area contributed by atoms with Gasteiger partial charge in [-0.1, -0.05) is 60.7 Å². The van der Waals surface area contributed by atoms with Gasteiger partial charge in [-0.15, -0.1) is 0 Å². The third-order valence-corrected chi connectivity index (χ3v) is 4.03. The SMILES string of the molecule is Fc1cc(N=C(c2ccccc2)c2ccccc2)c2cnccc2c1. The second kappa shape index (κ2) is 6.65. The first-order valence-electron chi connectivity index (χ1n) is 8.04. The first-order valence-corrected chi connectivity index (χ1v) is 8.04. The highest BCUT2D eigenvalue weighted by Gasteiger charge is 2.09. The number of rotatable bonds is 3. The van der Waals surface area contributed by atoms with Crippen LogP contribution < -0.4 is 0 Å². The van der Waals surface area contributed by atoms with Crippen molar-refractivity contribution in [1.82, 2.24) is 4.98 Å². The summed E-state index contributed by atoms with van der Waals surface area (Å²) >= 11 is 0. The summed E-state index contributed by atoms with van der Waals surface area (Å²) in [5.74, 6) is -0.307. The minimum Gasteiger partial charge on any atom is -0.264 e. The molecule has 0 radical (unpaired) electrons. The molecule has 25 heavy (non-hydrogen) atoms. The zero-order chi connectivity index (χ0) is 17.1. The van der Waals surface area contributed by atoms with Crippen LogP contribution in [0.4, 0.5) is 10.1 Å². The Morgan fingerprint density at radius 3 is 2.08 bits per heavy atom. The van der Waals surface area contributed by atoms with Crippen LogP contribution in [-0.2, 0) is 0 Å². The molecular weight excluding hydrogens is 311 g/mol. The predicted molar refractivity (Wildman–Crippen MR) is 99.9 cm³/mol. The standard InChI is InChI=1S/C22H15FN2/c23-19-13-18-11-12-24-15-20(18)21(14-19)25-22(16-7-3-1-4-8-16)17-9-5-2-6-10-17/h1-15H. The van der Waals surface area contributed by atoms with Crippen molar-refractivity contribution in [3.8, 4) is 0 Å². The molecule has 0 saturated carbocycles. The molecule has 0 N–H and O–H groups in total. The molecule has 120 valence electrons. The van der Waals surface area contributed by atoms with Gasteiger partial charge in [-0.05, 0) is 17.5 Å².